The molecule has 4 nitrogen and oxygen atoms in total. The summed E-state index contributed by atoms with van der Waals surface area (Å²) in [6.45, 7) is 1.88. The highest BCUT2D eigenvalue weighted by molar-refractivity contribution is 9.10. The van der Waals surface area contributed by atoms with Gasteiger partial charge in [-0.1, -0.05) is 45.2 Å². The van der Waals surface area contributed by atoms with Crippen molar-refractivity contribution in [1.82, 2.24) is 15.2 Å². The molecule has 0 radical (unpaired) electrons. The number of hydrogen-bond acceptors (Lipinski definition) is 3. The molecular weight excluding hydrogens is 363 g/mol. The van der Waals surface area contributed by atoms with Gasteiger partial charge in [0.05, 0.1) is 22.5 Å². The average molecular weight is 378 g/mol. The van der Waals surface area contributed by atoms with E-state index in [1.165, 1.54) is 0 Å². The van der Waals surface area contributed by atoms with Crippen molar-refractivity contribution in [3.63, 3.8) is 0 Å². The number of halogens is 3. The molecule has 0 spiro atoms. The topological polar surface area (TPSA) is 55.9 Å². The summed E-state index contributed by atoms with van der Waals surface area (Å²) in [7, 11) is 1.87. The lowest BCUT2D eigenvalue weighted by Gasteiger charge is -2.18. The van der Waals surface area contributed by atoms with E-state index >= 15 is 0 Å². The third-order valence-corrected chi connectivity index (χ3v) is 4.61. The van der Waals surface area contributed by atoms with Crippen molar-refractivity contribution in [2.45, 2.75) is 19.4 Å². The van der Waals surface area contributed by atoms with Crippen molar-refractivity contribution in [2.75, 3.05) is 0 Å². The van der Waals surface area contributed by atoms with E-state index in [2.05, 4.69) is 26.5 Å². The van der Waals surface area contributed by atoms with Gasteiger partial charge in [0.25, 0.3) is 0 Å². The number of aromatic nitrogens is 2. The van der Waals surface area contributed by atoms with Crippen LogP contribution in [0.5, 0.6) is 0 Å². The van der Waals surface area contributed by atoms with E-state index in [0.29, 0.717) is 16.5 Å². The van der Waals surface area contributed by atoms with Crippen molar-refractivity contribution in [2.24, 2.45) is 12.9 Å². The normalized spacial score (nSPS) is 12.7. The van der Waals surface area contributed by atoms with Gasteiger partial charge >= 0.3 is 0 Å². The number of aryl methyl sites for hydroxylation is 2. The number of rotatable bonds is 4. The maximum atomic E-state index is 6.28. The van der Waals surface area contributed by atoms with Crippen LogP contribution in [0.3, 0.4) is 0 Å². The van der Waals surface area contributed by atoms with Gasteiger partial charge in [0.2, 0.25) is 0 Å². The van der Waals surface area contributed by atoms with Gasteiger partial charge in [0.15, 0.2) is 0 Å². The molecule has 108 valence electrons. The Labute approximate surface area is 136 Å². The van der Waals surface area contributed by atoms with E-state index in [9.17, 15) is 0 Å². The van der Waals surface area contributed by atoms with Crippen LogP contribution in [-0.4, -0.2) is 9.78 Å². The Morgan fingerprint density at radius 3 is 2.65 bits per heavy atom. The van der Waals surface area contributed by atoms with E-state index in [1.807, 2.05) is 32.2 Å². The molecule has 0 aliphatic heterocycles. The van der Waals surface area contributed by atoms with Gasteiger partial charge in [-0.25, -0.2) is 0 Å². The first-order valence-electron chi connectivity index (χ1n) is 6.03. The largest absolute Gasteiger partial charge is 0.271 e. The molecule has 0 saturated heterocycles. The predicted octanol–water partition coefficient (Wildman–Crippen LogP) is 3.54. The molecule has 2 aromatic rings. The molecule has 1 aromatic heterocycles. The van der Waals surface area contributed by atoms with Gasteiger partial charge in [0.1, 0.15) is 0 Å². The number of hydrazine groups is 1. The van der Waals surface area contributed by atoms with E-state index in [1.54, 1.807) is 4.68 Å². The average Bonchev–Trinajstić information content (AvgIpc) is 2.62. The maximum absolute atomic E-state index is 6.28. The number of benzene rings is 1. The molecule has 0 saturated carbocycles. The number of nitrogens with zero attached hydrogens (tertiary/aromatic N) is 2. The van der Waals surface area contributed by atoms with Gasteiger partial charge in [-0.2, -0.15) is 5.10 Å². The van der Waals surface area contributed by atoms with Gasteiger partial charge < -0.3 is 0 Å². The molecule has 3 N–H and O–H groups in total. The molecule has 0 aliphatic carbocycles. The van der Waals surface area contributed by atoms with E-state index in [0.717, 1.165) is 21.4 Å². The summed E-state index contributed by atoms with van der Waals surface area (Å²) < 4.78 is 2.69. The molecule has 1 atom stereocenters. The fourth-order valence-corrected chi connectivity index (χ4v) is 3.33. The van der Waals surface area contributed by atoms with Crippen LogP contribution in [0, 0.1) is 6.92 Å². The monoisotopic (exact) mass is 376 g/mol. The molecule has 0 fully saturated rings. The number of nitrogens with one attached hydrogen (secondary N) is 1. The predicted molar refractivity (Wildman–Crippen MR) is 85.9 cm³/mol. The summed E-state index contributed by atoms with van der Waals surface area (Å²) >= 11 is 15.8. The van der Waals surface area contributed by atoms with Crippen molar-refractivity contribution in [3.8, 4) is 0 Å². The summed E-state index contributed by atoms with van der Waals surface area (Å²) in [6, 6.07) is 5.53. The quantitative estimate of drug-likeness (QED) is 0.632. The van der Waals surface area contributed by atoms with Crippen LogP contribution in [0.25, 0.3) is 0 Å². The minimum Gasteiger partial charge on any atom is -0.271 e. The van der Waals surface area contributed by atoms with E-state index in [-0.39, 0.29) is 6.04 Å². The van der Waals surface area contributed by atoms with Crippen LogP contribution in [0.15, 0.2) is 22.7 Å². The fourth-order valence-electron chi connectivity index (χ4n) is 2.14. The van der Waals surface area contributed by atoms with Crippen molar-refractivity contribution in [1.29, 1.82) is 0 Å². The van der Waals surface area contributed by atoms with Crippen molar-refractivity contribution >= 4 is 39.1 Å². The van der Waals surface area contributed by atoms with Gasteiger partial charge in [-0.15, -0.1) is 0 Å². The maximum Gasteiger partial charge on any atom is 0.0847 e. The second kappa shape index (κ2) is 6.45. The standard InChI is InChI=1S/C13H15BrCl2N4/c1-7-13(16)12(20(2)19-7)6-11(18-17)9-4-3-8(15)5-10(9)14/h3-5,11,18H,6,17H2,1-2H3. The molecule has 0 amide bonds. The smallest absolute Gasteiger partial charge is 0.0847 e. The molecule has 1 unspecified atom stereocenters. The second-order valence-corrected chi connectivity index (χ2v) is 6.23. The lowest BCUT2D eigenvalue weighted by molar-refractivity contribution is 0.528. The highest BCUT2D eigenvalue weighted by Crippen LogP contribution is 2.30. The minimum absolute atomic E-state index is 0.0889. The minimum atomic E-state index is -0.0889. The Morgan fingerprint density at radius 1 is 1.45 bits per heavy atom. The zero-order valence-corrected chi connectivity index (χ0v) is 14.2. The highest BCUT2D eigenvalue weighted by Gasteiger charge is 2.19. The Morgan fingerprint density at radius 2 is 2.15 bits per heavy atom. The molecule has 1 heterocycles. The number of hydrogen-bond donors (Lipinski definition) is 2. The first-order valence-corrected chi connectivity index (χ1v) is 7.58. The summed E-state index contributed by atoms with van der Waals surface area (Å²) in [5, 5.41) is 5.66. The van der Waals surface area contributed by atoms with Crippen molar-refractivity contribution < 1.29 is 0 Å². The summed E-state index contributed by atoms with van der Waals surface area (Å²) in [4.78, 5) is 0. The second-order valence-electron chi connectivity index (χ2n) is 4.56. The molecule has 1 aromatic carbocycles. The molecule has 20 heavy (non-hydrogen) atoms. The molecule has 7 heteroatoms. The molecular formula is C13H15BrCl2N4. The lowest BCUT2D eigenvalue weighted by atomic mass is 10.0. The number of nitrogens with two attached hydrogens (primary N) is 1. The van der Waals surface area contributed by atoms with Crippen LogP contribution in [0.4, 0.5) is 0 Å². The third-order valence-electron chi connectivity index (χ3n) is 3.20. The summed E-state index contributed by atoms with van der Waals surface area (Å²) in [6.07, 6.45) is 0.632. The van der Waals surface area contributed by atoms with Crippen LogP contribution < -0.4 is 11.3 Å². The zero-order valence-electron chi connectivity index (χ0n) is 11.1. The summed E-state index contributed by atoms with van der Waals surface area (Å²) in [5.41, 5.74) is 5.59. The van der Waals surface area contributed by atoms with E-state index < -0.39 is 0 Å². The van der Waals surface area contributed by atoms with Gasteiger partial charge in [0, 0.05) is 23.0 Å². The van der Waals surface area contributed by atoms with Gasteiger partial charge in [-0.3, -0.25) is 16.0 Å². The molecule has 2 rings (SSSR count). The Balaban J connectivity index is 2.33. The molecule has 0 aliphatic rings. The zero-order chi connectivity index (χ0) is 14.9. The van der Waals surface area contributed by atoms with E-state index in [4.69, 9.17) is 29.0 Å². The van der Waals surface area contributed by atoms with Crippen LogP contribution >= 0.6 is 39.1 Å². The Bertz CT molecular complexity index is 627. The third kappa shape index (κ3) is 3.18. The summed E-state index contributed by atoms with van der Waals surface area (Å²) in [5.74, 6) is 5.69. The van der Waals surface area contributed by atoms with Gasteiger partial charge in [-0.05, 0) is 24.6 Å². The van der Waals surface area contributed by atoms with Crippen LogP contribution in [0.1, 0.15) is 23.0 Å². The van der Waals surface area contributed by atoms with Crippen LogP contribution in [0.2, 0.25) is 10.0 Å². The molecule has 0 bridgehead atoms. The van der Waals surface area contributed by atoms with Crippen molar-refractivity contribution in [3.05, 3.63) is 49.7 Å². The fraction of sp³-hybridized carbons (Fsp3) is 0.308. The SMILES string of the molecule is Cc1nn(C)c(CC(NN)c2ccc(Cl)cc2Br)c1Cl. The Hall–Kier alpha value is -0.590. The van der Waals surface area contributed by atoms with Crippen LogP contribution in [-0.2, 0) is 13.5 Å². The highest BCUT2D eigenvalue weighted by atomic mass is 79.9. The first-order chi connectivity index (χ1) is 9.43. The first kappa shape index (κ1) is 15.8. The lowest BCUT2D eigenvalue weighted by Crippen LogP contribution is -2.30. The Kier molecular flexibility index (Phi) is 5.09.